The smallest absolute Gasteiger partial charge is 0.293 e. The Morgan fingerprint density at radius 3 is 3.17 bits per heavy atom. The first-order valence-electron chi connectivity index (χ1n) is 3.87. The Balaban J connectivity index is 2.20. The van der Waals surface area contributed by atoms with Gasteiger partial charge in [0.2, 0.25) is 0 Å². The second-order valence-electron chi connectivity index (χ2n) is 2.43. The van der Waals surface area contributed by atoms with E-state index in [1.807, 2.05) is 18.3 Å². The van der Waals surface area contributed by atoms with Crippen LogP contribution in [0.3, 0.4) is 0 Å². The molecule has 0 bridgehead atoms. The lowest BCUT2D eigenvalue weighted by Crippen LogP contribution is -1.94. The lowest BCUT2D eigenvalue weighted by atomic mass is 10.2. The standard InChI is InChI=1S/C9H11NO2/c11-8-12-6-2-4-9-3-1-5-10-7-9/h1,3,5,7-8H,2,4,6H2. The number of pyridine rings is 1. The Labute approximate surface area is 71.4 Å². The molecule has 0 spiro atoms. The van der Waals surface area contributed by atoms with Crippen LogP contribution in [-0.4, -0.2) is 18.1 Å². The van der Waals surface area contributed by atoms with Gasteiger partial charge in [-0.25, -0.2) is 0 Å². The fourth-order valence-electron chi connectivity index (χ4n) is 0.954. The van der Waals surface area contributed by atoms with Gasteiger partial charge in [-0.15, -0.1) is 0 Å². The SMILES string of the molecule is O=COCCCc1cccnc1. The number of carbonyl (C=O) groups excluding carboxylic acids is 1. The number of hydrogen-bond acceptors (Lipinski definition) is 3. The van der Waals surface area contributed by atoms with Gasteiger partial charge in [-0.2, -0.15) is 0 Å². The molecule has 1 aromatic heterocycles. The summed E-state index contributed by atoms with van der Waals surface area (Å²) in [6, 6.07) is 3.91. The third-order valence-corrected chi connectivity index (χ3v) is 1.52. The van der Waals surface area contributed by atoms with E-state index >= 15 is 0 Å². The van der Waals surface area contributed by atoms with E-state index in [1.54, 1.807) is 6.20 Å². The number of carbonyl (C=O) groups is 1. The lowest BCUT2D eigenvalue weighted by Gasteiger charge is -1.98. The number of rotatable bonds is 5. The molecule has 1 aromatic rings. The van der Waals surface area contributed by atoms with Crippen molar-refractivity contribution in [3.05, 3.63) is 30.1 Å². The van der Waals surface area contributed by atoms with Crippen molar-refractivity contribution in [2.45, 2.75) is 12.8 Å². The minimum Gasteiger partial charge on any atom is -0.468 e. The van der Waals surface area contributed by atoms with E-state index in [0.29, 0.717) is 13.1 Å². The zero-order chi connectivity index (χ0) is 8.65. The van der Waals surface area contributed by atoms with Crippen LogP contribution in [0.2, 0.25) is 0 Å². The first kappa shape index (κ1) is 8.71. The molecule has 0 aliphatic carbocycles. The summed E-state index contributed by atoms with van der Waals surface area (Å²) in [4.78, 5) is 13.8. The third-order valence-electron chi connectivity index (χ3n) is 1.52. The number of aryl methyl sites for hydroxylation is 1. The van der Waals surface area contributed by atoms with E-state index in [-0.39, 0.29) is 0 Å². The Kier molecular flexibility index (Phi) is 3.84. The molecule has 0 fully saturated rings. The monoisotopic (exact) mass is 165 g/mol. The van der Waals surface area contributed by atoms with Gasteiger partial charge in [-0.1, -0.05) is 6.07 Å². The highest BCUT2D eigenvalue weighted by Gasteiger charge is 1.91. The lowest BCUT2D eigenvalue weighted by molar-refractivity contribution is -0.128. The molecule has 64 valence electrons. The van der Waals surface area contributed by atoms with Crippen LogP contribution in [0.15, 0.2) is 24.5 Å². The van der Waals surface area contributed by atoms with Crippen LogP contribution in [0.1, 0.15) is 12.0 Å². The molecule has 0 atom stereocenters. The van der Waals surface area contributed by atoms with E-state index in [2.05, 4.69) is 9.72 Å². The molecule has 0 amide bonds. The largest absolute Gasteiger partial charge is 0.468 e. The molecule has 1 rings (SSSR count). The van der Waals surface area contributed by atoms with Crippen molar-refractivity contribution in [2.75, 3.05) is 6.61 Å². The van der Waals surface area contributed by atoms with E-state index in [4.69, 9.17) is 0 Å². The van der Waals surface area contributed by atoms with Gasteiger partial charge in [0.15, 0.2) is 0 Å². The van der Waals surface area contributed by atoms with Crippen LogP contribution in [0.5, 0.6) is 0 Å². The second-order valence-corrected chi connectivity index (χ2v) is 2.43. The molecule has 12 heavy (non-hydrogen) atoms. The van der Waals surface area contributed by atoms with Gasteiger partial charge < -0.3 is 4.74 Å². The predicted molar refractivity (Wildman–Crippen MR) is 44.6 cm³/mol. The maximum absolute atomic E-state index is 9.78. The summed E-state index contributed by atoms with van der Waals surface area (Å²) in [7, 11) is 0. The third kappa shape index (κ3) is 3.14. The fraction of sp³-hybridized carbons (Fsp3) is 0.333. The van der Waals surface area contributed by atoms with Crippen molar-refractivity contribution >= 4 is 6.47 Å². The van der Waals surface area contributed by atoms with Crippen molar-refractivity contribution in [1.82, 2.24) is 4.98 Å². The molecule has 0 unspecified atom stereocenters. The van der Waals surface area contributed by atoms with Crippen LogP contribution < -0.4 is 0 Å². The van der Waals surface area contributed by atoms with Gasteiger partial charge in [0.1, 0.15) is 0 Å². The highest BCUT2D eigenvalue weighted by Crippen LogP contribution is 1.99. The zero-order valence-electron chi connectivity index (χ0n) is 6.77. The van der Waals surface area contributed by atoms with Crippen molar-refractivity contribution in [2.24, 2.45) is 0 Å². The average molecular weight is 165 g/mol. The minimum absolute atomic E-state index is 0.475. The first-order chi connectivity index (χ1) is 5.93. The van der Waals surface area contributed by atoms with Crippen molar-refractivity contribution in [1.29, 1.82) is 0 Å². The van der Waals surface area contributed by atoms with E-state index < -0.39 is 0 Å². The summed E-state index contributed by atoms with van der Waals surface area (Å²) < 4.78 is 4.55. The Bertz CT molecular complexity index is 223. The van der Waals surface area contributed by atoms with E-state index in [9.17, 15) is 4.79 Å². The highest BCUT2D eigenvalue weighted by atomic mass is 16.5. The molecule has 0 saturated carbocycles. The van der Waals surface area contributed by atoms with E-state index in [1.165, 1.54) is 5.56 Å². The maximum atomic E-state index is 9.78. The molecule has 1 heterocycles. The molecule has 3 heteroatoms. The van der Waals surface area contributed by atoms with Crippen molar-refractivity contribution in [3.8, 4) is 0 Å². The number of hydrogen-bond donors (Lipinski definition) is 0. The fourth-order valence-corrected chi connectivity index (χ4v) is 0.954. The molecule has 3 nitrogen and oxygen atoms in total. The van der Waals surface area contributed by atoms with Crippen LogP contribution in [0, 0.1) is 0 Å². The molecular weight excluding hydrogens is 154 g/mol. The van der Waals surface area contributed by atoms with Gasteiger partial charge in [0.05, 0.1) is 6.61 Å². The van der Waals surface area contributed by atoms with Crippen LogP contribution in [0.25, 0.3) is 0 Å². The molecular formula is C9H11NO2. The Hall–Kier alpha value is -1.38. The summed E-state index contributed by atoms with van der Waals surface area (Å²) in [5.74, 6) is 0. The van der Waals surface area contributed by atoms with Crippen molar-refractivity contribution in [3.63, 3.8) is 0 Å². The van der Waals surface area contributed by atoms with Gasteiger partial charge in [-0.3, -0.25) is 9.78 Å². The minimum atomic E-state index is 0.475. The Morgan fingerprint density at radius 1 is 1.58 bits per heavy atom. The maximum Gasteiger partial charge on any atom is 0.293 e. The molecule has 0 radical (unpaired) electrons. The normalized spacial score (nSPS) is 9.33. The summed E-state index contributed by atoms with van der Waals surface area (Å²) in [6.45, 7) is 0.960. The zero-order valence-corrected chi connectivity index (χ0v) is 6.77. The van der Waals surface area contributed by atoms with Crippen molar-refractivity contribution < 1.29 is 9.53 Å². The van der Waals surface area contributed by atoms with Gasteiger partial charge in [-0.05, 0) is 24.5 Å². The number of nitrogens with zero attached hydrogens (tertiary/aromatic N) is 1. The van der Waals surface area contributed by atoms with Crippen LogP contribution >= 0.6 is 0 Å². The number of aromatic nitrogens is 1. The summed E-state index contributed by atoms with van der Waals surface area (Å²) in [5.41, 5.74) is 1.17. The van der Waals surface area contributed by atoms with Crippen LogP contribution in [-0.2, 0) is 16.0 Å². The molecule has 0 saturated heterocycles. The Morgan fingerprint density at radius 2 is 2.50 bits per heavy atom. The van der Waals surface area contributed by atoms with Gasteiger partial charge in [0, 0.05) is 12.4 Å². The molecule has 0 aromatic carbocycles. The quantitative estimate of drug-likeness (QED) is 0.486. The van der Waals surface area contributed by atoms with Gasteiger partial charge >= 0.3 is 0 Å². The summed E-state index contributed by atoms with van der Waals surface area (Å²) in [6.07, 6.45) is 5.32. The van der Waals surface area contributed by atoms with Gasteiger partial charge in [0.25, 0.3) is 6.47 Å². The molecule has 0 N–H and O–H groups in total. The first-order valence-corrected chi connectivity index (χ1v) is 3.87. The average Bonchev–Trinajstić information content (AvgIpc) is 2.14. The predicted octanol–water partition coefficient (Wildman–Crippen LogP) is 1.19. The van der Waals surface area contributed by atoms with Crippen LogP contribution in [0.4, 0.5) is 0 Å². The number of ether oxygens (including phenoxy) is 1. The summed E-state index contributed by atoms with van der Waals surface area (Å²) in [5, 5.41) is 0. The summed E-state index contributed by atoms with van der Waals surface area (Å²) >= 11 is 0. The second kappa shape index (κ2) is 5.29. The van der Waals surface area contributed by atoms with E-state index in [0.717, 1.165) is 12.8 Å². The highest BCUT2D eigenvalue weighted by molar-refractivity contribution is 5.36. The molecule has 0 aliphatic rings. The topological polar surface area (TPSA) is 39.2 Å². The molecule has 0 aliphatic heterocycles.